The number of hydrogen-bond acceptors (Lipinski definition) is 2. The first-order chi connectivity index (χ1) is 5.95. The van der Waals surface area contributed by atoms with Crippen molar-refractivity contribution in [1.82, 2.24) is 4.90 Å². The van der Waals surface area contributed by atoms with Gasteiger partial charge in [0.05, 0.1) is 10.9 Å². The molecule has 4 heteroatoms. The lowest BCUT2D eigenvalue weighted by Gasteiger charge is -2.25. The van der Waals surface area contributed by atoms with Crippen molar-refractivity contribution < 1.29 is 9.90 Å². The van der Waals surface area contributed by atoms with Crippen LogP contribution in [0.5, 0.6) is 0 Å². The molecule has 1 aliphatic heterocycles. The third-order valence-corrected chi connectivity index (χ3v) is 3.13. The molecule has 1 N–H and O–H groups in total. The maximum atomic E-state index is 11.3. The molecular weight excluding hydrogens is 234 g/mol. The fraction of sp³-hybridized carbons (Fsp3) is 0.889. The zero-order valence-corrected chi connectivity index (χ0v) is 9.67. The molecule has 76 valence electrons. The molecule has 13 heavy (non-hydrogen) atoms. The Bertz CT molecular complexity index is 200. The van der Waals surface area contributed by atoms with Crippen LogP contribution in [-0.4, -0.2) is 39.9 Å². The second-order valence-electron chi connectivity index (χ2n) is 4.11. The minimum atomic E-state index is -0.665. The first kappa shape index (κ1) is 11.0. The van der Waals surface area contributed by atoms with Gasteiger partial charge in [-0.05, 0) is 20.3 Å². The zero-order valence-electron chi connectivity index (χ0n) is 8.09. The van der Waals surface area contributed by atoms with Crippen LogP contribution in [0.15, 0.2) is 0 Å². The van der Waals surface area contributed by atoms with E-state index in [0.717, 1.165) is 13.0 Å². The molecule has 0 bridgehead atoms. The van der Waals surface area contributed by atoms with Crippen molar-refractivity contribution in [2.75, 3.05) is 18.4 Å². The summed E-state index contributed by atoms with van der Waals surface area (Å²) in [5.74, 6) is 0.335. The Morgan fingerprint density at radius 2 is 2.31 bits per heavy atom. The van der Waals surface area contributed by atoms with Gasteiger partial charge in [0.25, 0.3) is 0 Å². The highest BCUT2D eigenvalue weighted by atomic mass is 79.9. The molecule has 1 heterocycles. The fourth-order valence-electron chi connectivity index (χ4n) is 1.65. The van der Waals surface area contributed by atoms with Crippen LogP contribution in [0, 0.1) is 5.92 Å². The number of carbonyl (C=O) groups excluding carboxylic acids is 1. The van der Waals surface area contributed by atoms with E-state index >= 15 is 0 Å². The monoisotopic (exact) mass is 249 g/mol. The molecule has 1 amide bonds. The molecule has 0 radical (unpaired) electrons. The lowest BCUT2D eigenvalue weighted by Crippen LogP contribution is -2.35. The summed E-state index contributed by atoms with van der Waals surface area (Å²) in [5.41, 5.74) is -0.665. The minimum Gasteiger partial charge on any atom is -0.390 e. The maximum Gasteiger partial charge on any atom is 0.233 e. The molecule has 0 aromatic carbocycles. The number of aliphatic hydroxyl groups is 1. The lowest BCUT2D eigenvalue weighted by molar-refractivity contribution is -0.127. The van der Waals surface area contributed by atoms with Crippen molar-refractivity contribution in [2.45, 2.75) is 25.9 Å². The van der Waals surface area contributed by atoms with E-state index in [0.29, 0.717) is 11.9 Å². The average Bonchev–Trinajstić information content (AvgIpc) is 2.50. The van der Waals surface area contributed by atoms with Gasteiger partial charge in [0.15, 0.2) is 0 Å². The van der Waals surface area contributed by atoms with E-state index in [9.17, 15) is 9.90 Å². The van der Waals surface area contributed by atoms with E-state index in [2.05, 4.69) is 15.9 Å². The molecule has 0 aromatic heterocycles. The maximum absolute atomic E-state index is 11.3. The van der Waals surface area contributed by atoms with Crippen molar-refractivity contribution in [2.24, 2.45) is 5.92 Å². The van der Waals surface area contributed by atoms with Gasteiger partial charge in [0.2, 0.25) is 5.91 Å². The van der Waals surface area contributed by atoms with Crippen molar-refractivity contribution in [3.63, 3.8) is 0 Å². The van der Waals surface area contributed by atoms with E-state index in [1.54, 1.807) is 18.7 Å². The number of amides is 1. The van der Waals surface area contributed by atoms with Gasteiger partial charge in [-0.15, -0.1) is 0 Å². The van der Waals surface area contributed by atoms with Gasteiger partial charge in [0, 0.05) is 19.0 Å². The zero-order chi connectivity index (χ0) is 10.1. The summed E-state index contributed by atoms with van der Waals surface area (Å²) >= 11 is 3.14. The summed E-state index contributed by atoms with van der Waals surface area (Å²) < 4.78 is 0. The lowest BCUT2D eigenvalue weighted by atomic mass is 9.90. The molecule has 1 fully saturated rings. The topological polar surface area (TPSA) is 40.5 Å². The molecule has 0 aromatic rings. The predicted molar refractivity (Wildman–Crippen MR) is 54.8 cm³/mol. The van der Waals surface area contributed by atoms with Gasteiger partial charge in [-0.3, -0.25) is 4.79 Å². The van der Waals surface area contributed by atoms with Crippen LogP contribution in [0.1, 0.15) is 20.3 Å². The molecular formula is C9H16BrNO2. The van der Waals surface area contributed by atoms with Crippen LogP contribution < -0.4 is 0 Å². The number of hydrogen-bond donors (Lipinski definition) is 1. The summed E-state index contributed by atoms with van der Waals surface area (Å²) in [7, 11) is 0. The average molecular weight is 250 g/mol. The van der Waals surface area contributed by atoms with Crippen LogP contribution >= 0.6 is 15.9 Å². The van der Waals surface area contributed by atoms with E-state index in [4.69, 9.17) is 0 Å². The summed E-state index contributed by atoms with van der Waals surface area (Å²) in [6.45, 7) is 5.08. The predicted octanol–water partition coefficient (Wildman–Crippen LogP) is 1.00. The molecule has 1 saturated heterocycles. The fourth-order valence-corrected chi connectivity index (χ4v) is 2.00. The van der Waals surface area contributed by atoms with E-state index < -0.39 is 5.60 Å². The molecule has 0 spiro atoms. The van der Waals surface area contributed by atoms with E-state index in [-0.39, 0.29) is 11.8 Å². The highest BCUT2D eigenvalue weighted by molar-refractivity contribution is 9.09. The van der Waals surface area contributed by atoms with Gasteiger partial charge in [-0.25, -0.2) is 0 Å². The Labute approximate surface area is 87.2 Å². The number of alkyl halides is 1. The number of nitrogens with zero attached hydrogens (tertiary/aromatic N) is 1. The van der Waals surface area contributed by atoms with Crippen LogP contribution in [-0.2, 0) is 4.79 Å². The number of likely N-dealkylation sites (tertiary alicyclic amines) is 1. The van der Waals surface area contributed by atoms with Crippen molar-refractivity contribution in [1.29, 1.82) is 0 Å². The Kier molecular flexibility index (Phi) is 3.35. The Morgan fingerprint density at radius 1 is 1.69 bits per heavy atom. The highest BCUT2D eigenvalue weighted by Crippen LogP contribution is 2.26. The van der Waals surface area contributed by atoms with Crippen LogP contribution in [0.3, 0.4) is 0 Å². The van der Waals surface area contributed by atoms with Crippen LogP contribution in [0.4, 0.5) is 0 Å². The third kappa shape index (κ3) is 2.68. The Morgan fingerprint density at radius 3 is 2.69 bits per heavy atom. The number of halogens is 1. The molecule has 3 nitrogen and oxygen atoms in total. The summed E-state index contributed by atoms with van der Waals surface area (Å²) in [5, 5.41) is 10.1. The van der Waals surface area contributed by atoms with E-state index in [1.165, 1.54) is 0 Å². The minimum absolute atomic E-state index is 0.117. The molecule has 0 saturated carbocycles. The molecule has 1 aliphatic rings. The quantitative estimate of drug-likeness (QED) is 0.743. The normalized spacial score (nSPS) is 23.7. The van der Waals surface area contributed by atoms with Gasteiger partial charge in [0.1, 0.15) is 0 Å². The summed E-state index contributed by atoms with van der Waals surface area (Å²) in [4.78, 5) is 13.1. The van der Waals surface area contributed by atoms with Gasteiger partial charge in [-0.2, -0.15) is 0 Å². The smallest absolute Gasteiger partial charge is 0.233 e. The number of carbonyl (C=O) groups is 1. The largest absolute Gasteiger partial charge is 0.390 e. The second-order valence-corrected chi connectivity index (χ2v) is 4.67. The Hall–Kier alpha value is -0.0900. The van der Waals surface area contributed by atoms with Crippen LogP contribution in [0.25, 0.3) is 0 Å². The summed E-state index contributed by atoms with van der Waals surface area (Å²) in [6.07, 6.45) is 0.905. The van der Waals surface area contributed by atoms with Gasteiger partial charge < -0.3 is 10.0 Å². The standard InChI is InChI=1S/C9H16BrNO2/c1-9(2,13)7-3-4-11(6-7)8(12)5-10/h7,13H,3-6H2,1-2H3. The second kappa shape index (κ2) is 3.96. The SMILES string of the molecule is CC(C)(O)C1CCN(C(=O)CBr)C1. The first-order valence-electron chi connectivity index (χ1n) is 4.51. The van der Waals surface area contributed by atoms with Crippen molar-refractivity contribution >= 4 is 21.8 Å². The molecule has 1 unspecified atom stereocenters. The molecule has 1 rings (SSSR count). The first-order valence-corrected chi connectivity index (χ1v) is 5.63. The molecule has 0 aliphatic carbocycles. The van der Waals surface area contributed by atoms with Crippen LogP contribution in [0.2, 0.25) is 0 Å². The van der Waals surface area contributed by atoms with Gasteiger partial charge in [-0.1, -0.05) is 15.9 Å². The number of rotatable bonds is 2. The molecule has 1 atom stereocenters. The van der Waals surface area contributed by atoms with E-state index in [1.807, 2.05) is 0 Å². The van der Waals surface area contributed by atoms with Crippen molar-refractivity contribution in [3.05, 3.63) is 0 Å². The highest BCUT2D eigenvalue weighted by Gasteiger charge is 2.34. The Balaban J connectivity index is 2.50. The van der Waals surface area contributed by atoms with Crippen molar-refractivity contribution in [3.8, 4) is 0 Å². The summed E-state index contributed by atoms with van der Waals surface area (Å²) in [6, 6.07) is 0. The van der Waals surface area contributed by atoms with Gasteiger partial charge >= 0.3 is 0 Å². The third-order valence-electron chi connectivity index (χ3n) is 2.65.